The fraction of sp³-hybridized carbons (Fsp3) is 0.241. The summed E-state index contributed by atoms with van der Waals surface area (Å²) in [4.78, 5) is 44.9. The number of benzene rings is 2. The third-order valence-corrected chi connectivity index (χ3v) is 6.38. The van der Waals surface area contributed by atoms with E-state index in [1.165, 1.54) is 11.0 Å². The van der Waals surface area contributed by atoms with Crippen molar-refractivity contribution in [1.29, 1.82) is 0 Å². The average molecular weight is 499 g/mol. The maximum Gasteiger partial charge on any atom is 0.338 e. The Morgan fingerprint density at radius 1 is 1.11 bits per heavy atom. The molecule has 8 nitrogen and oxygen atoms in total. The van der Waals surface area contributed by atoms with E-state index < -0.39 is 23.7 Å². The number of anilines is 1. The molecule has 2 atom stereocenters. The van der Waals surface area contributed by atoms with Gasteiger partial charge in [0.25, 0.3) is 11.7 Å². The molecule has 1 N–H and O–H groups in total. The molecule has 1 fully saturated rings. The first kappa shape index (κ1) is 24.2. The lowest BCUT2D eigenvalue weighted by molar-refractivity contribution is -0.132. The van der Waals surface area contributed by atoms with Crippen molar-refractivity contribution >= 4 is 29.1 Å². The van der Waals surface area contributed by atoms with E-state index in [2.05, 4.69) is 4.98 Å². The minimum absolute atomic E-state index is 0.0165. The Morgan fingerprint density at radius 3 is 2.70 bits per heavy atom. The van der Waals surface area contributed by atoms with Crippen LogP contribution in [0.25, 0.3) is 5.76 Å². The average Bonchev–Trinajstić information content (AvgIpc) is 3.42. The molecule has 0 spiro atoms. The minimum Gasteiger partial charge on any atom is -0.507 e. The molecule has 0 radical (unpaired) electrons. The number of carbonyl (C=O) groups excluding carboxylic acids is 3. The van der Waals surface area contributed by atoms with Gasteiger partial charge in [0.1, 0.15) is 23.7 Å². The molecule has 0 bridgehead atoms. The van der Waals surface area contributed by atoms with Crippen molar-refractivity contribution in [1.82, 2.24) is 4.98 Å². The summed E-state index contributed by atoms with van der Waals surface area (Å²) < 4.78 is 11.0. The predicted octanol–water partition coefficient (Wildman–Crippen LogP) is 4.60. The topological polar surface area (TPSA) is 106 Å². The fourth-order valence-corrected chi connectivity index (χ4v) is 4.70. The second-order valence-electron chi connectivity index (χ2n) is 9.07. The summed E-state index contributed by atoms with van der Waals surface area (Å²) in [7, 11) is 0. The highest BCUT2D eigenvalue weighted by atomic mass is 16.5. The van der Waals surface area contributed by atoms with Gasteiger partial charge in [0.15, 0.2) is 0 Å². The molecule has 0 saturated carbocycles. The van der Waals surface area contributed by atoms with Crippen LogP contribution < -0.4 is 9.64 Å². The van der Waals surface area contributed by atoms with Crippen LogP contribution in [0.1, 0.15) is 53.5 Å². The number of amides is 1. The molecule has 0 aliphatic carbocycles. The molecule has 2 unspecified atom stereocenters. The molecular formula is C29H26N2O6. The van der Waals surface area contributed by atoms with Crippen molar-refractivity contribution in [2.75, 3.05) is 11.5 Å². The lowest BCUT2D eigenvalue weighted by atomic mass is 9.96. The second kappa shape index (κ2) is 9.89. The van der Waals surface area contributed by atoms with Gasteiger partial charge in [-0.1, -0.05) is 19.1 Å². The first-order valence-electron chi connectivity index (χ1n) is 12.2. The van der Waals surface area contributed by atoms with Gasteiger partial charge in [0, 0.05) is 23.9 Å². The molecule has 1 aromatic heterocycles. The largest absolute Gasteiger partial charge is 0.507 e. The first-order chi connectivity index (χ1) is 17.9. The number of hydrogen-bond donors (Lipinski definition) is 1. The lowest BCUT2D eigenvalue weighted by Gasteiger charge is -2.25. The highest BCUT2D eigenvalue weighted by Gasteiger charge is 2.47. The zero-order valence-corrected chi connectivity index (χ0v) is 20.5. The van der Waals surface area contributed by atoms with Crippen LogP contribution in [-0.2, 0) is 20.7 Å². The number of fused-ring (bicyclic) bond motifs is 1. The fourth-order valence-electron chi connectivity index (χ4n) is 4.70. The van der Waals surface area contributed by atoms with Crippen LogP contribution in [0.15, 0.2) is 72.4 Å². The Balaban J connectivity index is 1.62. The van der Waals surface area contributed by atoms with E-state index in [9.17, 15) is 19.5 Å². The molecule has 3 aromatic rings. The Morgan fingerprint density at radius 2 is 1.95 bits per heavy atom. The monoisotopic (exact) mass is 498 g/mol. The van der Waals surface area contributed by atoms with E-state index >= 15 is 0 Å². The number of aromatic nitrogens is 1. The van der Waals surface area contributed by atoms with Gasteiger partial charge in [-0.05, 0) is 67.4 Å². The number of nitrogens with zero attached hydrogens (tertiary/aromatic N) is 2. The number of pyridine rings is 1. The zero-order valence-electron chi connectivity index (χ0n) is 20.5. The summed E-state index contributed by atoms with van der Waals surface area (Å²) in [5.41, 5.74) is 2.22. The van der Waals surface area contributed by atoms with E-state index in [1.54, 1.807) is 60.8 Å². The highest BCUT2D eigenvalue weighted by Crippen LogP contribution is 2.42. The zero-order chi connectivity index (χ0) is 26.1. The summed E-state index contributed by atoms with van der Waals surface area (Å²) in [5.74, 6) is -1.74. The molecule has 8 heteroatoms. The van der Waals surface area contributed by atoms with Gasteiger partial charge in [-0.15, -0.1) is 0 Å². The Bertz CT molecular complexity index is 1410. The van der Waals surface area contributed by atoms with Gasteiger partial charge in [0.05, 0.1) is 23.4 Å². The van der Waals surface area contributed by atoms with Crippen LogP contribution in [-0.4, -0.2) is 40.5 Å². The van der Waals surface area contributed by atoms with Crippen molar-refractivity contribution in [3.8, 4) is 5.75 Å². The number of aliphatic hydroxyl groups excluding tert-OH is 1. The number of ether oxygens (including phenoxy) is 2. The van der Waals surface area contributed by atoms with Crippen molar-refractivity contribution in [3.05, 3.63) is 94.8 Å². The van der Waals surface area contributed by atoms with Crippen molar-refractivity contribution in [2.24, 2.45) is 0 Å². The standard InChI is InChI=1S/C29H26N2O6/c1-3-13-36-29(35)19-7-6-8-21(16-19)31-25(22-9-4-5-12-30-22)24(27(33)28(31)34)26(32)18-10-11-23-20(15-18)14-17(2)37-23/h4-12,15-17,25,32H,3,13-14H2,1-2H3/b26-24-. The molecule has 188 valence electrons. The molecule has 2 aliphatic rings. The van der Waals surface area contributed by atoms with Crippen LogP contribution in [0, 0.1) is 0 Å². The van der Waals surface area contributed by atoms with Crippen LogP contribution in [0.2, 0.25) is 0 Å². The van der Waals surface area contributed by atoms with E-state index in [0.717, 1.165) is 11.3 Å². The van der Waals surface area contributed by atoms with Gasteiger partial charge in [0.2, 0.25) is 0 Å². The Labute approximate surface area is 214 Å². The summed E-state index contributed by atoms with van der Waals surface area (Å²) in [6.45, 7) is 4.12. The summed E-state index contributed by atoms with van der Waals surface area (Å²) in [5, 5.41) is 11.4. The van der Waals surface area contributed by atoms with Crippen molar-refractivity contribution in [3.63, 3.8) is 0 Å². The van der Waals surface area contributed by atoms with Crippen LogP contribution in [0.4, 0.5) is 5.69 Å². The first-order valence-corrected chi connectivity index (χ1v) is 12.2. The third-order valence-electron chi connectivity index (χ3n) is 6.38. The van der Waals surface area contributed by atoms with E-state index in [4.69, 9.17) is 9.47 Å². The molecule has 5 rings (SSSR count). The SMILES string of the molecule is CCCOC(=O)c1cccc(N2C(=O)C(=O)/C(=C(\O)c3ccc4c(c3)CC(C)O4)C2c2ccccn2)c1. The van der Waals surface area contributed by atoms with Crippen LogP contribution in [0.3, 0.4) is 0 Å². The molecular weight excluding hydrogens is 472 g/mol. The smallest absolute Gasteiger partial charge is 0.338 e. The van der Waals surface area contributed by atoms with E-state index in [0.29, 0.717) is 29.8 Å². The van der Waals surface area contributed by atoms with Crippen molar-refractivity contribution < 1.29 is 29.0 Å². The predicted molar refractivity (Wildman–Crippen MR) is 136 cm³/mol. The summed E-state index contributed by atoms with van der Waals surface area (Å²) in [6, 6.07) is 15.7. The maximum atomic E-state index is 13.4. The van der Waals surface area contributed by atoms with Gasteiger partial charge in [-0.3, -0.25) is 19.5 Å². The molecule has 2 aromatic carbocycles. The molecule has 3 heterocycles. The number of aliphatic hydroxyl groups is 1. The van der Waals surface area contributed by atoms with Gasteiger partial charge >= 0.3 is 5.97 Å². The molecule has 1 saturated heterocycles. The molecule has 2 aliphatic heterocycles. The van der Waals surface area contributed by atoms with Gasteiger partial charge in [-0.2, -0.15) is 0 Å². The van der Waals surface area contributed by atoms with Gasteiger partial charge in [-0.25, -0.2) is 4.79 Å². The summed E-state index contributed by atoms with van der Waals surface area (Å²) in [6.07, 6.45) is 2.92. The minimum atomic E-state index is -0.994. The number of ketones is 1. The normalized spacial score (nSPS) is 20.0. The number of Topliss-reactive ketones (excluding diaryl/α,β-unsaturated/α-hetero) is 1. The number of rotatable bonds is 6. The summed E-state index contributed by atoms with van der Waals surface area (Å²) >= 11 is 0. The molecule has 1 amide bonds. The van der Waals surface area contributed by atoms with Crippen LogP contribution >= 0.6 is 0 Å². The quantitative estimate of drug-likeness (QED) is 0.229. The van der Waals surface area contributed by atoms with Crippen LogP contribution in [0.5, 0.6) is 5.75 Å². The van der Waals surface area contributed by atoms with E-state index in [1.807, 2.05) is 13.8 Å². The van der Waals surface area contributed by atoms with Crippen molar-refractivity contribution in [2.45, 2.75) is 38.8 Å². The Kier molecular flexibility index (Phi) is 6.48. The maximum absolute atomic E-state index is 13.4. The lowest BCUT2D eigenvalue weighted by Crippen LogP contribution is -2.30. The Hall–Kier alpha value is -4.46. The highest BCUT2D eigenvalue weighted by molar-refractivity contribution is 6.51. The van der Waals surface area contributed by atoms with Gasteiger partial charge < -0.3 is 14.6 Å². The van der Waals surface area contributed by atoms with E-state index in [-0.39, 0.29) is 29.6 Å². The second-order valence-corrected chi connectivity index (χ2v) is 9.07. The number of hydrogen-bond acceptors (Lipinski definition) is 7. The third kappa shape index (κ3) is 4.46. The number of carbonyl (C=O) groups is 3. The number of esters is 1. The molecule has 37 heavy (non-hydrogen) atoms.